The first-order chi connectivity index (χ1) is 13.2. The maximum atomic E-state index is 11.3. The number of amides is 1. The van der Waals surface area contributed by atoms with Crippen molar-refractivity contribution in [1.29, 1.82) is 0 Å². The zero-order valence-corrected chi connectivity index (χ0v) is 16.7. The maximum absolute atomic E-state index is 11.3. The topological polar surface area (TPSA) is 78.8 Å². The SMILES string of the molecule is CCCCCC(/C=C/C=C\C/C=C\C/C=C\CCCC(=O)NCCO)OO. The summed E-state index contributed by atoms with van der Waals surface area (Å²) in [6, 6.07) is 0. The van der Waals surface area contributed by atoms with Crippen LogP contribution in [-0.4, -0.2) is 35.5 Å². The van der Waals surface area contributed by atoms with Gasteiger partial charge in [-0.25, -0.2) is 4.89 Å². The number of unbranched alkanes of at least 4 members (excludes halogenated alkanes) is 3. The number of aliphatic hydroxyl groups excluding tert-OH is 1. The molecule has 0 radical (unpaired) electrons. The molecule has 154 valence electrons. The largest absolute Gasteiger partial charge is 0.395 e. The van der Waals surface area contributed by atoms with E-state index in [9.17, 15) is 4.79 Å². The number of hydrogen-bond acceptors (Lipinski definition) is 4. The fourth-order valence-electron chi connectivity index (χ4n) is 2.35. The van der Waals surface area contributed by atoms with E-state index >= 15 is 0 Å². The van der Waals surface area contributed by atoms with Crippen LogP contribution in [0.15, 0.2) is 48.6 Å². The van der Waals surface area contributed by atoms with E-state index in [1.165, 1.54) is 0 Å². The van der Waals surface area contributed by atoms with Gasteiger partial charge < -0.3 is 10.4 Å². The van der Waals surface area contributed by atoms with Gasteiger partial charge in [-0.05, 0) is 32.1 Å². The lowest BCUT2D eigenvalue weighted by Crippen LogP contribution is -2.25. The predicted molar refractivity (Wildman–Crippen MR) is 111 cm³/mol. The van der Waals surface area contributed by atoms with Gasteiger partial charge in [0.05, 0.1) is 6.61 Å². The van der Waals surface area contributed by atoms with E-state index in [0.29, 0.717) is 13.0 Å². The van der Waals surface area contributed by atoms with Gasteiger partial charge in [0, 0.05) is 13.0 Å². The second-order valence-corrected chi connectivity index (χ2v) is 6.33. The molecule has 0 aromatic rings. The third-order valence-electron chi connectivity index (χ3n) is 3.89. The van der Waals surface area contributed by atoms with Gasteiger partial charge in [0.15, 0.2) is 0 Å². The summed E-state index contributed by atoms with van der Waals surface area (Å²) in [5, 5.41) is 20.1. The van der Waals surface area contributed by atoms with Gasteiger partial charge in [0.1, 0.15) is 6.10 Å². The fraction of sp³-hybridized carbons (Fsp3) is 0.591. The Hall–Kier alpha value is -1.69. The molecule has 27 heavy (non-hydrogen) atoms. The van der Waals surface area contributed by atoms with Crippen molar-refractivity contribution in [2.45, 2.75) is 70.8 Å². The normalized spacial score (nSPS) is 13.4. The van der Waals surface area contributed by atoms with Crippen molar-refractivity contribution in [1.82, 2.24) is 5.32 Å². The van der Waals surface area contributed by atoms with Crippen molar-refractivity contribution >= 4 is 5.91 Å². The van der Waals surface area contributed by atoms with Crippen LogP contribution in [0, 0.1) is 0 Å². The molecular weight excluding hydrogens is 342 g/mol. The summed E-state index contributed by atoms with van der Waals surface area (Å²) < 4.78 is 0. The monoisotopic (exact) mass is 379 g/mol. The number of hydrogen-bond donors (Lipinski definition) is 3. The molecule has 1 amide bonds. The van der Waals surface area contributed by atoms with Gasteiger partial charge in [0.2, 0.25) is 5.91 Å². The number of rotatable bonds is 17. The van der Waals surface area contributed by atoms with Crippen LogP contribution in [0.3, 0.4) is 0 Å². The summed E-state index contributed by atoms with van der Waals surface area (Å²) in [6.07, 6.45) is 24.2. The predicted octanol–water partition coefficient (Wildman–Crippen LogP) is 4.71. The highest BCUT2D eigenvalue weighted by Gasteiger charge is 2.02. The van der Waals surface area contributed by atoms with E-state index in [1.807, 2.05) is 18.2 Å². The Morgan fingerprint density at radius 1 is 1.04 bits per heavy atom. The van der Waals surface area contributed by atoms with E-state index in [0.717, 1.165) is 51.4 Å². The van der Waals surface area contributed by atoms with Gasteiger partial charge in [-0.3, -0.25) is 10.1 Å². The first kappa shape index (κ1) is 25.3. The van der Waals surface area contributed by atoms with Crippen molar-refractivity contribution in [2.24, 2.45) is 0 Å². The van der Waals surface area contributed by atoms with Crippen LogP contribution < -0.4 is 5.32 Å². The van der Waals surface area contributed by atoms with E-state index in [4.69, 9.17) is 10.4 Å². The molecule has 0 rings (SSSR count). The minimum atomic E-state index is -0.220. The minimum Gasteiger partial charge on any atom is -0.395 e. The van der Waals surface area contributed by atoms with Crippen molar-refractivity contribution in [3.8, 4) is 0 Å². The third kappa shape index (κ3) is 18.9. The van der Waals surface area contributed by atoms with Crippen molar-refractivity contribution in [3.63, 3.8) is 0 Å². The Kier molecular flexibility index (Phi) is 19.3. The standard InChI is InChI=1S/C22H37NO4/c1-2-3-13-16-21(27-26)17-14-11-9-7-5-4-6-8-10-12-15-18-22(25)23-19-20-24/h4-5,8-11,14,17,21,24,26H,2-3,6-7,12-13,15-16,18-20H2,1H3,(H,23,25)/b5-4-,10-8-,11-9-,17-14+. The van der Waals surface area contributed by atoms with Gasteiger partial charge in [-0.15, -0.1) is 0 Å². The zero-order valence-electron chi connectivity index (χ0n) is 16.7. The number of nitrogens with one attached hydrogen (secondary N) is 1. The van der Waals surface area contributed by atoms with Crippen molar-refractivity contribution in [3.05, 3.63) is 48.6 Å². The first-order valence-electron chi connectivity index (χ1n) is 10.1. The van der Waals surface area contributed by atoms with E-state index in [2.05, 4.69) is 47.5 Å². The summed E-state index contributed by atoms with van der Waals surface area (Å²) in [5.74, 6) is -0.00369. The van der Waals surface area contributed by atoms with Crippen LogP contribution in [0.5, 0.6) is 0 Å². The number of carbonyl (C=O) groups is 1. The molecule has 0 fully saturated rings. The Morgan fingerprint density at radius 3 is 2.48 bits per heavy atom. The number of allylic oxidation sites excluding steroid dienone is 7. The highest BCUT2D eigenvalue weighted by molar-refractivity contribution is 5.75. The molecule has 0 heterocycles. The molecular formula is C22H37NO4. The lowest BCUT2D eigenvalue weighted by molar-refractivity contribution is -0.267. The Bertz CT molecular complexity index is 455. The minimum absolute atomic E-state index is 0.00369. The molecule has 5 heteroatoms. The van der Waals surface area contributed by atoms with E-state index in [-0.39, 0.29) is 18.6 Å². The molecule has 0 aromatic heterocycles. The smallest absolute Gasteiger partial charge is 0.220 e. The van der Waals surface area contributed by atoms with Crippen LogP contribution in [-0.2, 0) is 9.68 Å². The van der Waals surface area contributed by atoms with Crippen LogP contribution in [0.1, 0.15) is 64.7 Å². The van der Waals surface area contributed by atoms with Gasteiger partial charge in [-0.1, -0.05) is 74.8 Å². The second kappa shape index (κ2) is 20.6. The molecule has 0 bridgehead atoms. The van der Waals surface area contributed by atoms with E-state index < -0.39 is 0 Å². The molecule has 0 saturated carbocycles. The number of aliphatic hydroxyl groups is 1. The molecule has 3 N–H and O–H groups in total. The molecule has 0 spiro atoms. The van der Waals surface area contributed by atoms with Crippen LogP contribution in [0.25, 0.3) is 0 Å². The molecule has 1 atom stereocenters. The number of carbonyl (C=O) groups excluding carboxylic acids is 1. The lowest BCUT2D eigenvalue weighted by Gasteiger charge is -2.07. The summed E-state index contributed by atoms with van der Waals surface area (Å²) >= 11 is 0. The van der Waals surface area contributed by atoms with Gasteiger partial charge >= 0.3 is 0 Å². The Balaban J connectivity index is 3.68. The van der Waals surface area contributed by atoms with Crippen LogP contribution >= 0.6 is 0 Å². The Labute approximate surface area is 164 Å². The lowest BCUT2D eigenvalue weighted by atomic mass is 10.1. The van der Waals surface area contributed by atoms with Crippen LogP contribution in [0.2, 0.25) is 0 Å². The molecule has 0 aliphatic rings. The second-order valence-electron chi connectivity index (χ2n) is 6.33. The summed E-state index contributed by atoms with van der Waals surface area (Å²) in [6.45, 7) is 2.47. The summed E-state index contributed by atoms with van der Waals surface area (Å²) in [7, 11) is 0. The average Bonchev–Trinajstić information content (AvgIpc) is 2.68. The highest BCUT2D eigenvalue weighted by atomic mass is 17.1. The van der Waals surface area contributed by atoms with Gasteiger partial charge in [-0.2, -0.15) is 0 Å². The molecule has 0 aromatic carbocycles. The molecule has 0 saturated heterocycles. The average molecular weight is 380 g/mol. The fourth-order valence-corrected chi connectivity index (χ4v) is 2.35. The van der Waals surface area contributed by atoms with Crippen molar-refractivity contribution < 1.29 is 20.0 Å². The molecule has 5 nitrogen and oxygen atoms in total. The van der Waals surface area contributed by atoms with Crippen molar-refractivity contribution in [2.75, 3.05) is 13.2 Å². The highest BCUT2D eigenvalue weighted by Crippen LogP contribution is 2.07. The van der Waals surface area contributed by atoms with E-state index in [1.54, 1.807) is 0 Å². The summed E-state index contributed by atoms with van der Waals surface area (Å²) in [4.78, 5) is 15.8. The first-order valence-corrected chi connectivity index (χ1v) is 10.1. The maximum Gasteiger partial charge on any atom is 0.220 e. The molecule has 0 aliphatic carbocycles. The summed E-state index contributed by atoms with van der Waals surface area (Å²) in [5.41, 5.74) is 0. The Morgan fingerprint density at radius 2 is 1.78 bits per heavy atom. The third-order valence-corrected chi connectivity index (χ3v) is 3.89. The van der Waals surface area contributed by atoms with Crippen LogP contribution in [0.4, 0.5) is 0 Å². The quantitative estimate of drug-likeness (QED) is 0.112. The molecule has 1 unspecified atom stereocenters. The van der Waals surface area contributed by atoms with Gasteiger partial charge in [0.25, 0.3) is 0 Å². The zero-order chi connectivity index (χ0) is 20.0. The molecule has 0 aliphatic heterocycles.